The summed E-state index contributed by atoms with van der Waals surface area (Å²) in [4.78, 5) is 24.0. The Labute approximate surface area is 254 Å². The van der Waals surface area contributed by atoms with Crippen LogP contribution in [0.25, 0.3) is 11.1 Å². The SMILES string of the molecule is C=C(C)C(=O)OCc1cc(-c2ccc(OCCCCCCCC)c(F)c2)ccc1OCC(CO)(CO)COC(=O)C(=C)C. The maximum atomic E-state index is 14.9. The molecule has 9 heteroatoms. The number of carbonyl (C=O) groups excluding carboxylic acids is 2. The maximum absolute atomic E-state index is 14.9. The van der Waals surface area contributed by atoms with Crippen LogP contribution in [-0.2, 0) is 25.7 Å². The van der Waals surface area contributed by atoms with Crippen molar-refractivity contribution in [3.8, 4) is 22.6 Å². The maximum Gasteiger partial charge on any atom is 0.333 e. The number of benzene rings is 2. The quantitative estimate of drug-likeness (QED) is 0.103. The predicted octanol–water partition coefficient (Wildman–Crippen LogP) is 6.32. The highest BCUT2D eigenvalue weighted by Gasteiger charge is 2.32. The smallest absolute Gasteiger partial charge is 0.333 e. The molecule has 0 aliphatic rings. The second-order valence-electron chi connectivity index (χ2n) is 10.9. The zero-order valence-corrected chi connectivity index (χ0v) is 25.6. The fraction of sp³-hybridized carbons (Fsp3) is 0.471. The van der Waals surface area contributed by atoms with Crippen molar-refractivity contribution in [2.75, 3.05) is 33.0 Å². The molecule has 0 atom stereocenters. The van der Waals surface area contributed by atoms with E-state index in [-0.39, 0.29) is 36.7 Å². The summed E-state index contributed by atoms with van der Waals surface area (Å²) >= 11 is 0. The summed E-state index contributed by atoms with van der Waals surface area (Å²) in [5.41, 5.74) is 0.771. The van der Waals surface area contributed by atoms with Gasteiger partial charge in [-0.15, -0.1) is 0 Å². The van der Waals surface area contributed by atoms with E-state index in [1.54, 1.807) is 30.3 Å². The molecule has 0 spiro atoms. The summed E-state index contributed by atoms with van der Waals surface area (Å²) in [5, 5.41) is 20.0. The molecule has 0 aliphatic heterocycles. The topological polar surface area (TPSA) is 112 Å². The van der Waals surface area contributed by atoms with Crippen LogP contribution in [0.5, 0.6) is 11.5 Å². The first kappa shape index (κ1) is 35.5. The molecule has 236 valence electrons. The van der Waals surface area contributed by atoms with Gasteiger partial charge in [-0.05, 0) is 55.7 Å². The van der Waals surface area contributed by atoms with Crippen LogP contribution in [0.15, 0.2) is 60.7 Å². The number of rotatable bonds is 20. The summed E-state index contributed by atoms with van der Waals surface area (Å²) in [5.74, 6) is -1.26. The largest absolute Gasteiger partial charge is 0.492 e. The standard InChI is InChI=1S/C34H45FO8/c1-6-7-8-9-10-11-16-40-31-15-13-27(18-29(31)35)26-12-14-30(28(17-26)19-41-32(38)24(2)3)42-22-34(20-36,21-37)23-43-33(39)25(4)5/h12-15,17-18,36-37H,2,4,6-11,16,19-23H2,1,3,5H3. The fourth-order valence-electron chi connectivity index (χ4n) is 3.99. The molecular formula is C34H45FO8. The lowest BCUT2D eigenvalue weighted by molar-refractivity contribution is -0.146. The Balaban J connectivity index is 2.21. The van der Waals surface area contributed by atoms with Gasteiger partial charge < -0.3 is 29.2 Å². The molecule has 2 aromatic carbocycles. The highest BCUT2D eigenvalue weighted by atomic mass is 19.1. The molecule has 0 bridgehead atoms. The number of unbranched alkanes of at least 4 members (excludes halogenated alkanes) is 5. The molecule has 0 saturated heterocycles. The Morgan fingerprint density at radius 3 is 1.98 bits per heavy atom. The summed E-state index contributed by atoms with van der Waals surface area (Å²) in [7, 11) is 0. The van der Waals surface area contributed by atoms with Crippen LogP contribution < -0.4 is 9.47 Å². The molecule has 2 rings (SSSR count). The van der Waals surface area contributed by atoms with Gasteiger partial charge in [-0.2, -0.15) is 0 Å². The van der Waals surface area contributed by atoms with Crippen molar-refractivity contribution in [3.63, 3.8) is 0 Å². The van der Waals surface area contributed by atoms with E-state index in [2.05, 4.69) is 20.1 Å². The number of ether oxygens (including phenoxy) is 4. The van der Waals surface area contributed by atoms with Gasteiger partial charge in [-0.25, -0.2) is 14.0 Å². The Hall–Kier alpha value is -3.69. The number of aliphatic hydroxyl groups is 2. The summed E-state index contributed by atoms with van der Waals surface area (Å²) in [6, 6.07) is 9.76. The lowest BCUT2D eigenvalue weighted by Crippen LogP contribution is -2.41. The summed E-state index contributed by atoms with van der Waals surface area (Å²) < 4.78 is 37.0. The lowest BCUT2D eigenvalue weighted by Gasteiger charge is -2.29. The van der Waals surface area contributed by atoms with Crippen LogP contribution >= 0.6 is 0 Å². The van der Waals surface area contributed by atoms with Crippen LogP contribution in [0, 0.1) is 11.2 Å². The fourth-order valence-corrected chi connectivity index (χ4v) is 3.99. The van der Waals surface area contributed by atoms with E-state index < -0.39 is 36.4 Å². The number of esters is 2. The third kappa shape index (κ3) is 11.5. The molecule has 0 radical (unpaired) electrons. The normalized spacial score (nSPS) is 11.1. The molecule has 0 unspecified atom stereocenters. The van der Waals surface area contributed by atoms with Gasteiger partial charge in [-0.1, -0.05) is 64.3 Å². The molecule has 43 heavy (non-hydrogen) atoms. The third-order valence-corrected chi connectivity index (χ3v) is 6.85. The highest BCUT2D eigenvalue weighted by molar-refractivity contribution is 5.87. The van der Waals surface area contributed by atoms with Crippen LogP contribution in [0.1, 0.15) is 64.9 Å². The molecule has 0 amide bonds. The Morgan fingerprint density at radius 1 is 0.791 bits per heavy atom. The first-order chi connectivity index (χ1) is 20.6. The number of halogens is 1. The monoisotopic (exact) mass is 600 g/mol. The van der Waals surface area contributed by atoms with E-state index >= 15 is 0 Å². The zero-order chi connectivity index (χ0) is 31.8. The Kier molecular flexibility index (Phi) is 14.9. The van der Waals surface area contributed by atoms with Crippen LogP contribution in [-0.4, -0.2) is 55.2 Å². The minimum Gasteiger partial charge on any atom is -0.492 e. The van der Waals surface area contributed by atoms with Gasteiger partial charge in [0, 0.05) is 16.7 Å². The molecule has 8 nitrogen and oxygen atoms in total. The zero-order valence-electron chi connectivity index (χ0n) is 25.6. The minimum atomic E-state index is -1.30. The van der Waals surface area contributed by atoms with Crippen molar-refractivity contribution in [2.45, 2.75) is 65.9 Å². The molecule has 0 saturated carbocycles. The molecule has 0 aromatic heterocycles. The van der Waals surface area contributed by atoms with E-state index in [0.29, 0.717) is 29.0 Å². The molecule has 2 aromatic rings. The molecule has 0 heterocycles. The van der Waals surface area contributed by atoms with Gasteiger partial charge in [0.25, 0.3) is 0 Å². The van der Waals surface area contributed by atoms with Gasteiger partial charge in [0.1, 0.15) is 25.6 Å². The number of carbonyl (C=O) groups is 2. The van der Waals surface area contributed by atoms with Crippen LogP contribution in [0.2, 0.25) is 0 Å². The second kappa shape index (κ2) is 18.1. The van der Waals surface area contributed by atoms with E-state index in [0.717, 1.165) is 19.3 Å². The van der Waals surface area contributed by atoms with Gasteiger partial charge in [0.2, 0.25) is 0 Å². The third-order valence-electron chi connectivity index (χ3n) is 6.85. The van der Waals surface area contributed by atoms with Crippen molar-refractivity contribution >= 4 is 11.9 Å². The van der Waals surface area contributed by atoms with E-state index in [1.807, 2.05) is 0 Å². The molecule has 0 aliphatic carbocycles. The van der Waals surface area contributed by atoms with E-state index in [1.165, 1.54) is 39.2 Å². The number of aliphatic hydroxyl groups excluding tert-OH is 2. The van der Waals surface area contributed by atoms with Crippen molar-refractivity contribution < 1.29 is 43.1 Å². The van der Waals surface area contributed by atoms with Crippen molar-refractivity contribution in [3.05, 3.63) is 72.1 Å². The van der Waals surface area contributed by atoms with Crippen LogP contribution in [0.3, 0.4) is 0 Å². The summed E-state index contributed by atoms with van der Waals surface area (Å²) in [6.45, 7) is 11.0. The van der Waals surface area contributed by atoms with Crippen molar-refractivity contribution in [1.29, 1.82) is 0 Å². The van der Waals surface area contributed by atoms with Gasteiger partial charge in [0.15, 0.2) is 11.6 Å². The van der Waals surface area contributed by atoms with Gasteiger partial charge in [-0.3, -0.25) is 0 Å². The average Bonchev–Trinajstić information content (AvgIpc) is 3.00. The number of hydrogen-bond acceptors (Lipinski definition) is 8. The van der Waals surface area contributed by atoms with Crippen LogP contribution in [0.4, 0.5) is 4.39 Å². The minimum absolute atomic E-state index is 0.174. The van der Waals surface area contributed by atoms with Crippen molar-refractivity contribution in [2.24, 2.45) is 5.41 Å². The van der Waals surface area contributed by atoms with Gasteiger partial charge >= 0.3 is 11.9 Å². The predicted molar refractivity (Wildman–Crippen MR) is 163 cm³/mol. The van der Waals surface area contributed by atoms with E-state index in [9.17, 15) is 24.2 Å². The highest BCUT2D eigenvalue weighted by Crippen LogP contribution is 2.31. The lowest BCUT2D eigenvalue weighted by atomic mass is 9.92. The molecule has 0 fully saturated rings. The van der Waals surface area contributed by atoms with Crippen molar-refractivity contribution in [1.82, 2.24) is 0 Å². The summed E-state index contributed by atoms with van der Waals surface area (Å²) in [6.07, 6.45) is 6.67. The van der Waals surface area contributed by atoms with E-state index in [4.69, 9.17) is 18.9 Å². The van der Waals surface area contributed by atoms with Gasteiger partial charge in [0.05, 0.1) is 25.2 Å². The first-order valence-corrected chi connectivity index (χ1v) is 14.6. The average molecular weight is 601 g/mol. The molecule has 2 N–H and O–H groups in total. The number of hydrogen-bond donors (Lipinski definition) is 2. The first-order valence-electron chi connectivity index (χ1n) is 14.6. The Morgan fingerprint density at radius 2 is 1.37 bits per heavy atom. The second-order valence-corrected chi connectivity index (χ2v) is 10.9. The molecular weight excluding hydrogens is 555 g/mol. The Bertz CT molecular complexity index is 1230.